The second kappa shape index (κ2) is 6.73. The van der Waals surface area contributed by atoms with Crippen molar-refractivity contribution >= 4 is 27.5 Å². The molecule has 0 radical (unpaired) electrons. The van der Waals surface area contributed by atoms with Crippen LogP contribution in [0, 0.1) is 5.82 Å². The van der Waals surface area contributed by atoms with Gasteiger partial charge in [0.2, 0.25) is 0 Å². The lowest BCUT2D eigenvalue weighted by Crippen LogP contribution is -1.98. The van der Waals surface area contributed by atoms with Crippen LogP contribution in [0.15, 0.2) is 46.9 Å². The molecule has 106 valence electrons. The molecule has 0 saturated carbocycles. The Labute approximate surface area is 133 Å². The lowest BCUT2D eigenvalue weighted by atomic mass is 9.96. The predicted molar refractivity (Wildman–Crippen MR) is 86.9 cm³/mol. The molecule has 0 aliphatic heterocycles. The second-order valence-corrected chi connectivity index (χ2v) is 6.21. The molecule has 0 aliphatic carbocycles. The summed E-state index contributed by atoms with van der Waals surface area (Å²) in [6.07, 6.45) is 1.11. The van der Waals surface area contributed by atoms with Crippen molar-refractivity contribution < 1.29 is 4.39 Å². The summed E-state index contributed by atoms with van der Waals surface area (Å²) >= 11 is 9.75. The van der Waals surface area contributed by atoms with E-state index in [0.29, 0.717) is 10.4 Å². The SMILES string of the molecule is CCC(C)c1ccc(C(Cl)c2cccc(F)c2Br)cc1. The van der Waals surface area contributed by atoms with Crippen molar-refractivity contribution in [2.45, 2.75) is 31.6 Å². The van der Waals surface area contributed by atoms with Crippen molar-refractivity contribution in [1.82, 2.24) is 0 Å². The summed E-state index contributed by atoms with van der Waals surface area (Å²) in [5, 5.41) is -0.356. The Kier molecular flexibility index (Phi) is 5.22. The molecule has 0 aromatic heterocycles. The van der Waals surface area contributed by atoms with Crippen LogP contribution in [0.25, 0.3) is 0 Å². The van der Waals surface area contributed by atoms with E-state index in [0.717, 1.165) is 17.5 Å². The third kappa shape index (κ3) is 3.24. The van der Waals surface area contributed by atoms with Crippen molar-refractivity contribution in [3.8, 4) is 0 Å². The minimum Gasteiger partial charge on any atom is -0.206 e. The van der Waals surface area contributed by atoms with E-state index in [1.165, 1.54) is 11.6 Å². The van der Waals surface area contributed by atoms with E-state index in [1.807, 2.05) is 18.2 Å². The topological polar surface area (TPSA) is 0 Å². The van der Waals surface area contributed by atoms with Gasteiger partial charge in [0.25, 0.3) is 0 Å². The van der Waals surface area contributed by atoms with Crippen molar-refractivity contribution in [2.24, 2.45) is 0 Å². The lowest BCUT2D eigenvalue weighted by Gasteiger charge is -2.15. The van der Waals surface area contributed by atoms with E-state index < -0.39 is 0 Å². The Balaban J connectivity index is 2.29. The Bertz CT molecular complexity index is 580. The van der Waals surface area contributed by atoms with Gasteiger partial charge >= 0.3 is 0 Å². The minimum atomic E-state index is -0.356. The van der Waals surface area contributed by atoms with Gasteiger partial charge in [0.1, 0.15) is 5.82 Å². The molecule has 2 rings (SSSR count). The van der Waals surface area contributed by atoms with Gasteiger partial charge in [-0.25, -0.2) is 4.39 Å². The van der Waals surface area contributed by atoms with Crippen LogP contribution in [-0.4, -0.2) is 0 Å². The maximum atomic E-state index is 13.6. The molecule has 0 spiro atoms. The van der Waals surface area contributed by atoms with E-state index in [9.17, 15) is 4.39 Å². The van der Waals surface area contributed by atoms with Crippen molar-refractivity contribution in [3.05, 3.63) is 69.4 Å². The van der Waals surface area contributed by atoms with Gasteiger partial charge in [-0.3, -0.25) is 0 Å². The molecule has 0 N–H and O–H groups in total. The highest BCUT2D eigenvalue weighted by Crippen LogP contribution is 2.35. The Hall–Kier alpha value is -0.860. The van der Waals surface area contributed by atoms with Gasteiger partial charge in [-0.2, -0.15) is 0 Å². The zero-order chi connectivity index (χ0) is 14.7. The first-order valence-electron chi connectivity index (χ1n) is 6.72. The molecule has 2 aromatic carbocycles. The van der Waals surface area contributed by atoms with E-state index in [1.54, 1.807) is 6.07 Å². The highest BCUT2D eigenvalue weighted by molar-refractivity contribution is 9.10. The van der Waals surface area contributed by atoms with E-state index in [4.69, 9.17) is 11.6 Å². The molecule has 2 unspecified atom stereocenters. The monoisotopic (exact) mass is 354 g/mol. The number of hydrogen-bond donors (Lipinski definition) is 0. The highest BCUT2D eigenvalue weighted by Gasteiger charge is 2.16. The summed E-state index contributed by atoms with van der Waals surface area (Å²) in [4.78, 5) is 0. The zero-order valence-electron chi connectivity index (χ0n) is 11.5. The molecular weight excluding hydrogens is 339 g/mol. The summed E-state index contributed by atoms with van der Waals surface area (Å²) in [7, 11) is 0. The quantitative estimate of drug-likeness (QED) is 0.554. The second-order valence-electron chi connectivity index (χ2n) is 4.98. The normalized spacial score (nSPS) is 14.1. The minimum absolute atomic E-state index is 0.288. The zero-order valence-corrected chi connectivity index (χ0v) is 13.9. The maximum absolute atomic E-state index is 13.6. The highest BCUT2D eigenvalue weighted by atomic mass is 79.9. The van der Waals surface area contributed by atoms with Gasteiger partial charge < -0.3 is 0 Å². The van der Waals surface area contributed by atoms with Crippen LogP contribution in [-0.2, 0) is 0 Å². The van der Waals surface area contributed by atoms with Crippen LogP contribution >= 0.6 is 27.5 Å². The average Bonchev–Trinajstić information content (AvgIpc) is 2.48. The largest absolute Gasteiger partial charge is 0.206 e. The first-order valence-corrected chi connectivity index (χ1v) is 7.95. The van der Waals surface area contributed by atoms with Gasteiger partial charge in [-0.05, 0) is 51.0 Å². The molecule has 20 heavy (non-hydrogen) atoms. The van der Waals surface area contributed by atoms with Gasteiger partial charge in [0.05, 0.1) is 9.85 Å². The van der Waals surface area contributed by atoms with Crippen LogP contribution in [0.1, 0.15) is 48.3 Å². The van der Waals surface area contributed by atoms with E-state index in [2.05, 4.69) is 41.9 Å². The summed E-state index contributed by atoms with van der Waals surface area (Å²) < 4.78 is 14.0. The fraction of sp³-hybridized carbons (Fsp3) is 0.294. The van der Waals surface area contributed by atoms with Crippen LogP contribution in [0.4, 0.5) is 4.39 Å². The summed E-state index contributed by atoms with van der Waals surface area (Å²) in [6.45, 7) is 4.38. The van der Waals surface area contributed by atoms with Gasteiger partial charge in [0.15, 0.2) is 0 Å². The maximum Gasteiger partial charge on any atom is 0.137 e. The third-order valence-corrected chi connectivity index (χ3v) is 4.99. The summed E-state index contributed by atoms with van der Waals surface area (Å²) in [5.41, 5.74) is 3.03. The standard InChI is InChI=1S/C17H17BrClF/c1-3-11(2)12-7-9-13(10-8-12)17(19)14-5-4-6-15(20)16(14)18/h4-11,17H,3H2,1-2H3. The number of hydrogen-bond acceptors (Lipinski definition) is 0. The number of rotatable bonds is 4. The van der Waals surface area contributed by atoms with Gasteiger partial charge in [-0.15, -0.1) is 11.6 Å². The molecule has 0 bridgehead atoms. The third-order valence-electron chi connectivity index (χ3n) is 3.67. The van der Waals surface area contributed by atoms with Crippen molar-refractivity contribution in [3.63, 3.8) is 0 Å². The molecule has 2 atom stereocenters. The average molecular weight is 356 g/mol. The van der Waals surface area contributed by atoms with E-state index >= 15 is 0 Å². The predicted octanol–water partition coefficient (Wildman–Crippen LogP) is 6.43. The number of alkyl halides is 1. The number of benzene rings is 2. The molecule has 2 aromatic rings. The lowest BCUT2D eigenvalue weighted by molar-refractivity contribution is 0.618. The first-order chi connectivity index (χ1) is 9.54. The Morgan fingerprint density at radius 1 is 1.10 bits per heavy atom. The van der Waals surface area contributed by atoms with Crippen molar-refractivity contribution in [2.75, 3.05) is 0 Å². The fourth-order valence-electron chi connectivity index (χ4n) is 2.12. The van der Waals surface area contributed by atoms with Gasteiger partial charge in [-0.1, -0.05) is 50.2 Å². The molecular formula is C17H17BrClF. The molecule has 0 amide bonds. The van der Waals surface area contributed by atoms with Crippen LogP contribution in [0.2, 0.25) is 0 Å². The molecule has 3 heteroatoms. The molecule has 0 nitrogen and oxygen atoms in total. The summed E-state index contributed by atoms with van der Waals surface area (Å²) in [6, 6.07) is 13.2. The van der Waals surface area contributed by atoms with Crippen molar-refractivity contribution in [1.29, 1.82) is 0 Å². The van der Waals surface area contributed by atoms with E-state index in [-0.39, 0.29) is 11.2 Å². The molecule has 0 fully saturated rings. The Morgan fingerprint density at radius 3 is 2.30 bits per heavy atom. The van der Waals surface area contributed by atoms with Crippen LogP contribution < -0.4 is 0 Å². The first kappa shape index (κ1) is 15.5. The molecule has 0 saturated heterocycles. The Morgan fingerprint density at radius 2 is 1.70 bits per heavy atom. The molecule has 0 aliphatic rings. The fourth-order valence-corrected chi connectivity index (χ4v) is 3.08. The van der Waals surface area contributed by atoms with Crippen LogP contribution in [0.3, 0.4) is 0 Å². The summed E-state index contributed by atoms with van der Waals surface area (Å²) in [5.74, 6) is 0.253. The van der Waals surface area contributed by atoms with Crippen LogP contribution in [0.5, 0.6) is 0 Å². The molecule has 0 heterocycles. The number of halogens is 3. The smallest absolute Gasteiger partial charge is 0.137 e. The van der Waals surface area contributed by atoms with Gasteiger partial charge in [0, 0.05) is 0 Å².